The number of allylic oxidation sites excluding steroid dienone is 3. The molecule has 0 aliphatic heterocycles. The van der Waals surface area contributed by atoms with Gasteiger partial charge in [-0.3, -0.25) is 0 Å². The van der Waals surface area contributed by atoms with Gasteiger partial charge in [0.25, 0.3) is 0 Å². The molecule has 0 radical (unpaired) electrons. The summed E-state index contributed by atoms with van der Waals surface area (Å²) in [7, 11) is 0. The molecule has 0 heterocycles. The van der Waals surface area contributed by atoms with Gasteiger partial charge < -0.3 is 0 Å². The number of aryl methyl sites for hydroxylation is 1. The fourth-order valence-corrected chi connectivity index (χ4v) is 2.10. The number of hydrogen-bond acceptors (Lipinski definition) is 0. The summed E-state index contributed by atoms with van der Waals surface area (Å²) in [6.45, 7) is 6.00. The molecule has 1 unspecified atom stereocenters. The average Bonchev–Trinajstić information content (AvgIpc) is 2.30. The van der Waals surface area contributed by atoms with Crippen LogP contribution in [-0.4, -0.2) is 0 Å². The van der Waals surface area contributed by atoms with E-state index in [1.165, 1.54) is 29.5 Å². The molecular formula is C15H18. The second-order valence-electron chi connectivity index (χ2n) is 4.37. The van der Waals surface area contributed by atoms with Crippen LogP contribution in [0.1, 0.15) is 30.4 Å². The van der Waals surface area contributed by atoms with Crippen LogP contribution in [0.2, 0.25) is 0 Å². The molecule has 1 aliphatic rings. The van der Waals surface area contributed by atoms with Gasteiger partial charge in [0.15, 0.2) is 0 Å². The molecule has 1 atom stereocenters. The van der Waals surface area contributed by atoms with Crippen LogP contribution in [0.15, 0.2) is 43.0 Å². The summed E-state index contributed by atoms with van der Waals surface area (Å²) < 4.78 is 0. The third-order valence-corrected chi connectivity index (χ3v) is 3.21. The Hall–Kier alpha value is -1.30. The SMILES string of the molecule is C=CC1CC=C(c2ccc(C)cc2)CC1. The molecule has 2 rings (SSSR count). The molecule has 0 aromatic heterocycles. The maximum absolute atomic E-state index is 3.86. The Morgan fingerprint density at radius 1 is 1.27 bits per heavy atom. The van der Waals surface area contributed by atoms with E-state index in [0.717, 1.165) is 6.42 Å². The average molecular weight is 198 g/mol. The number of benzene rings is 1. The van der Waals surface area contributed by atoms with Gasteiger partial charge in [0.2, 0.25) is 0 Å². The molecule has 1 aromatic rings. The zero-order valence-corrected chi connectivity index (χ0v) is 9.37. The molecule has 0 saturated carbocycles. The zero-order valence-electron chi connectivity index (χ0n) is 9.37. The Bertz CT molecular complexity index is 368. The standard InChI is InChI=1S/C15H18/c1-3-13-6-10-15(11-7-13)14-8-4-12(2)5-9-14/h3-5,8-10,13H,1,6-7,11H2,2H3. The van der Waals surface area contributed by atoms with Gasteiger partial charge in [0, 0.05) is 0 Å². The Morgan fingerprint density at radius 2 is 2.00 bits per heavy atom. The van der Waals surface area contributed by atoms with Crippen molar-refractivity contribution >= 4 is 5.57 Å². The van der Waals surface area contributed by atoms with Crippen LogP contribution in [0.5, 0.6) is 0 Å². The van der Waals surface area contributed by atoms with Crippen LogP contribution in [0.3, 0.4) is 0 Å². The second kappa shape index (κ2) is 4.48. The molecule has 78 valence electrons. The Balaban J connectivity index is 2.15. The lowest BCUT2D eigenvalue weighted by molar-refractivity contribution is 0.593. The summed E-state index contributed by atoms with van der Waals surface area (Å²) in [5, 5.41) is 0. The first-order valence-corrected chi connectivity index (χ1v) is 5.68. The van der Waals surface area contributed by atoms with E-state index in [-0.39, 0.29) is 0 Å². The molecule has 1 aromatic carbocycles. The summed E-state index contributed by atoms with van der Waals surface area (Å²) in [4.78, 5) is 0. The molecule has 0 amide bonds. The highest BCUT2D eigenvalue weighted by Gasteiger charge is 2.12. The van der Waals surface area contributed by atoms with E-state index in [9.17, 15) is 0 Å². The van der Waals surface area contributed by atoms with Crippen molar-refractivity contribution in [2.75, 3.05) is 0 Å². The fraction of sp³-hybridized carbons (Fsp3) is 0.333. The summed E-state index contributed by atoms with van der Waals surface area (Å²) in [6, 6.07) is 8.84. The third kappa shape index (κ3) is 2.38. The van der Waals surface area contributed by atoms with Gasteiger partial charge in [-0.15, -0.1) is 6.58 Å². The number of rotatable bonds is 2. The van der Waals surface area contributed by atoms with Crippen LogP contribution in [0.4, 0.5) is 0 Å². The van der Waals surface area contributed by atoms with Crippen molar-refractivity contribution in [1.82, 2.24) is 0 Å². The smallest absolute Gasteiger partial charge is 0.0198 e. The zero-order chi connectivity index (χ0) is 10.7. The molecular weight excluding hydrogens is 180 g/mol. The van der Waals surface area contributed by atoms with Gasteiger partial charge in [-0.05, 0) is 43.2 Å². The van der Waals surface area contributed by atoms with E-state index < -0.39 is 0 Å². The molecule has 0 bridgehead atoms. The van der Waals surface area contributed by atoms with E-state index in [4.69, 9.17) is 0 Å². The highest BCUT2D eigenvalue weighted by molar-refractivity contribution is 5.66. The lowest BCUT2D eigenvalue weighted by atomic mass is 9.86. The first-order valence-electron chi connectivity index (χ1n) is 5.68. The summed E-state index contributed by atoms with van der Waals surface area (Å²) in [6.07, 6.45) is 8.07. The third-order valence-electron chi connectivity index (χ3n) is 3.21. The van der Waals surface area contributed by atoms with Crippen LogP contribution in [-0.2, 0) is 0 Å². The highest BCUT2D eigenvalue weighted by atomic mass is 14.2. The van der Waals surface area contributed by atoms with Crippen LogP contribution < -0.4 is 0 Å². The van der Waals surface area contributed by atoms with Crippen LogP contribution in [0.25, 0.3) is 5.57 Å². The minimum atomic E-state index is 0.694. The van der Waals surface area contributed by atoms with Crippen molar-refractivity contribution in [1.29, 1.82) is 0 Å². The monoisotopic (exact) mass is 198 g/mol. The van der Waals surface area contributed by atoms with Gasteiger partial charge in [0.05, 0.1) is 0 Å². The van der Waals surface area contributed by atoms with Crippen LogP contribution in [0, 0.1) is 12.8 Å². The Labute approximate surface area is 92.3 Å². The van der Waals surface area contributed by atoms with Gasteiger partial charge in [-0.1, -0.05) is 42.0 Å². The quantitative estimate of drug-likeness (QED) is 0.619. The van der Waals surface area contributed by atoms with E-state index in [1.807, 2.05) is 0 Å². The van der Waals surface area contributed by atoms with Gasteiger partial charge in [-0.25, -0.2) is 0 Å². The van der Waals surface area contributed by atoms with Gasteiger partial charge >= 0.3 is 0 Å². The predicted molar refractivity (Wildman–Crippen MR) is 66.7 cm³/mol. The number of hydrogen-bond donors (Lipinski definition) is 0. The summed E-state index contributed by atoms with van der Waals surface area (Å²) >= 11 is 0. The first kappa shape index (κ1) is 10.2. The Morgan fingerprint density at radius 3 is 2.53 bits per heavy atom. The molecule has 0 nitrogen and oxygen atoms in total. The molecule has 1 aliphatic carbocycles. The fourth-order valence-electron chi connectivity index (χ4n) is 2.10. The second-order valence-corrected chi connectivity index (χ2v) is 4.37. The van der Waals surface area contributed by atoms with Crippen LogP contribution >= 0.6 is 0 Å². The molecule has 0 spiro atoms. The van der Waals surface area contributed by atoms with E-state index in [2.05, 4.69) is 49.9 Å². The van der Waals surface area contributed by atoms with Crippen molar-refractivity contribution in [3.8, 4) is 0 Å². The minimum Gasteiger partial charge on any atom is -0.103 e. The van der Waals surface area contributed by atoms with Crippen molar-refractivity contribution in [2.45, 2.75) is 26.2 Å². The maximum atomic E-state index is 3.86. The van der Waals surface area contributed by atoms with Crippen molar-refractivity contribution < 1.29 is 0 Å². The molecule has 0 saturated heterocycles. The summed E-state index contributed by atoms with van der Waals surface area (Å²) in [5.74, 6) is 0.694. The largest absolute Gasteiger partial charge is 0.103 e. The molecule has 15 heavy (non-hydrogen) atoms. The lowest BCUT2D eigenvalue weighted by Crippen LogP contribution is -2.02. The highest BCUT2D eigenvalue weighted by Crippen LogP contribution is 2.30. The van der Waals surface area contributed by atoms with E-state index >= 15 is 0 Å². The normalized spacial score (nSPS) is 20.9. The Kier molecular flexibility index (Phi) is 3.05. The van der Waals surface area contributed by atoms with E-state index in [1.54, 1.807) is 0 Å². The maximum Gasteiger partial charge on any atom is -0.0198 e. The van der Waals surface area contributed by atoms with Gasteiger partial charge in [-0.2, -0.15) is 0 Å². The van der Waals surface area contributed by atoms with Crippen molar-refractivity contribution in [3.05, 3.63) is 54.1 Å². The minimum absolute atomic E-state index is 0.694. The lowest BCUT2D eigenvalue weighted by Gasteiger charge is -2.19. The summed E-state index contributed by atoms with van der Waals surface area (Å²) in [5.41, 5.74) is 4.23. The molecule has 0 heteroatoms. The van der Waals surface area contributed by atoms with Crippen molar-refractivity contribution in [2.24, 2.45) is 5.92 Å². The van der Waals surface area contributed by atoms with E-state index in [0.29, 0.717) is 5.92 Å². The predicted octanol–water partition coefficient (Wildman–Crippen LogP) is 4.36. The molecule has 0 fully saturated rings. The first-order chi connectivity index (χ1) is 7.29. The van der Waals surface area contributed by atoms with Crippen molar-refractivity contribution in [3.63, 3.8) is 0 Å². The molecule has 0 N–H and O–H groups in total. The topological polar surface area (TPSA) is 0 Å². The van der Waals surface area contributed by atoms with Gasteiger partial charge in [0.1, 0.15) is 0 Å².